The Kier molecular flexibility index (Phi) is 7.70. The van der Waals surface area contributed by atoms with Gasteiger partial charge in [0, 0.05) is 53.4 Å². The van der Waals surface area contributed by atoms with E-state index >= 15 is 0 Å². The number of anilines is 1. The van der Waals surface area contributed by atoms with E-state index in [-0.39, 0.29) is 5.91 Å². The van der Waals surface area contributed by atoms with Gasteiger partial charge >= 0.3 is 0 Å². The van der Waals surface area contributed by atoms with E-state index < -0.39 is 0 Å². The zero-order chi connectivity index (χ0) is 27.4. The van der Waals surface area contributed by atoms with Crippen molar-refractivity contribution in [2.75, 3.05) is 19.4 Å². The lowest BCUT2D eigenvalue weighted by Crippen LogP contribution is -2.10. The van der Waals surface area contributed by atoms with E-state index in [2.05, 4.69) is 83.8 Å². The lowest BCUT2D eigenvalue weighted by atomic mass is 9.99. The average molecular weight is 519 g/mol. The van der Waals surface area contributed by atoms with Crippen molar-refractivity contribution in [3.8, 4) is 33.6 Å². The van der Waals surface area contributed by atoms with Crippen LogP contribution in [0.5, 0.6) is 0 Å². The molecule has 0 aliphatic rings. The molecule has 3 heterocycles. The van der Waals surface area contributed by atoms with Crippen LogP contribution in [0.25, 0.3) is 44.7 Å². The van der Waals surface area contributed by atoms with Crippen LogP contribution in [0.3, 0.4) is 0 Å². The number of hydrogen-bond donors (Lipinski definition) is 2. The molecule has 39 heavy (non-hydrogen) atoms. The lowest BCUT2D eigenvalue weighted by Gasteiger charge is -2.10. The summed E-state index contributed by atoms with van der Waals surface area (Å²) in [7, 11) is 4.16. The summed E-state index contributed by atoms with van der Waals surface area (Å²) in [4.78, 5) is 22.4. The topological polar surface area (TPSA) is 78.8 Å². The van der Waals surface area contributed by atoms with E-state index in [1.54, 1.807) is 6.08 Å². The number of H-pyrrole nitrogens is 1. The van der Waals surface area contributed by atoms with E-state index in [0.717, 1.165) is 69.9 Å². The van der Waals surface area contributed by atoms with Gasteiger partial charge in [-0.1, -0.05) is 43.3 Å². The van der Waals surface area contributed by atoms with E-state index in [9.17, 15) is 4.79 Å². The number of aromatic nitrogens is 4. The number of hydrogen-bond acceptors (Lipinski definition) is 4. The molecular weight excluding hydrogens is 484 g/mol. The third kappa shape index (κ3) is 5.84. The fourth-order valence-corrected chi connectivity index (χ4v) is 4.73. The summed E-state index contributed by atoms with van der Waals surface area (Å²) >= 11 is 0. The van der Waals surface area contributed by atoms with Gasteiger partial charge in [0.15, 0.2) is 0 Å². The molecular formula is C32H34N6O. The fraction of sp³-hybridized carbons (Fsp3) is 0.219. The quantitative estimate of drug-likeness (QED) is 0.212. The number of carbonyl (C=O) groups excluding carboxylic acids is 1. The first-order chi connectivity index (χ1) is 18.9. The number of rotatable bonds is 9. The Hall–Kier alpha value is -4.49. The second-order valence-electron chi connectivity index (χ2n) is 9.87. The molecule has 0 bridgehead atoms. The van der Waals surface area contributed by atoms with Crippen LogP contribution < -0.4 is 5.32 Å². The van der Waals surface area contributed by atoms with Gasteiger partial charge in [-0.05, 0) is 80.5 Å². The van der Waals surface area contributed by atoms with Gasteiger partial charge in [-0.25, -0.2) is 4.98 Å². The molecule has 2 aromatic carbocycles. The standard InChI is InChI=1S/C32H34N6O/c1-5-7-11-30(39)34-25-14-12-23(13-15-25)31-28(21-38(6-2)36-31)26-16-17-33-32-27(26)19-29(35-32)24-10-8-9-22(18-24)20-37(3)4/h7-19,21H,5-6,20H2,1-4H3,(H,33,35)(H,34,39). The highest BCUT2D eigenvalue weighted by Gasteiger charge is 2.17. The third-order valence-electron chi connectivity index (χ3n) is 6.58. The zero-order valence-corrected chi connectivity index (χ0v) is 22.9. The molecule has 0 spiro atoms. The van der Waals surface area contributed by atoms with Crippen molar-refractivity contribution >= 4 is 22.6 Å². The van der Waals surface area contributed by atoms with Crippen LogP contribution in [0.4, 0.5) is 5.69 Å². The molecule has 0 atom stereocenters. The van der Waals surface area contributed by atoms with E-state index in [1.165, 1.54) is 5.56 Å². The van der Waals surface area contributed by atoms with Gasteiger partial charge in [0.05, 0.1) is 0 Å². The number of amides is 1. The highest BCUT2D eigenvalue weighted by atomic mass is 16.1. The molecule has 3 aromatic heterocycles. The van der Waals surface area contributed by atoms with Gasteiger partial charge < -0.3 is 15.2 Å². The summed E-state index contributed by atoms with van der Waals surface area (Å²) in [6.07, 6.45) is 8.17. The van der Waals surface area contributed by atoms with Gasteiger partial charge in [0.1, 0.15) is 11.3 Å². The number of allylic oxidation sites excluding steroid dienone is 1. The predicted octanol–water partition coefficient (Wildman–Crippen LogP) is 6.75. The lowest BCUT2D eigenvalue weighted by molar-refractivity contribution is -0.111. The molecule has 7 heteroatoms. The number of pyridine rings is 1. The van der Waals surface area contributed by atoms with E-state index in [0.29, 0.717) is 0 Å². The number of fused-ring (bicyclic) bond motifs is 1. The summed E-state index contributed by atoms with van der Waals surface area (Å²) in [5.74, 6) is -0.129. The molecule has 0 saturated carbocycles. The van der Waals surface area contributed by atoms with Crippen LogP contribution in [0, 0.1) is 0 Å². The molecule has 198 valence electrons. The van der Waals surface area contributed by atoms with Crippen molar-refractivity contribution in [2.45, 2.75) is 33.4 Å². The molecule has 0 radical (unpaired) electrons. The van der Waals surface area contributed by atoms with Crippen LogP contribution in [-0.2, 0) is 17.9 Å². The maximum absolute atomic E-state index is 12.1. The minimum absolute atomic E-state index is 0.129. The largest absolute Gasteiger partial charge is 0.339 e. The van der Waals surface area contributed by atoms with Crippen molar-refractivity contribution in [3.63, 3.8) is 0 Å². The number of nitrogens with one attached hydrogen (secondary N) is 2. The third-order valence-corrected chi connectivity index (χ3v) is 6.58. The Morgan fingerprint density at radius 2 is 1.85 bits per heavy atom. The molecule has 0 aliphatic heterocycles. The first-order valence-corrected chi connectivity index (χ1v) is 13.3. The van der Waals surface area contributed by atoms with E-state index in [4.69, 9.17) is 5.10 Å². The first kappa shape index (κ1) is 26.1. The number of aryl methyl sites for hydroxylation is 1. The van der Waals surface area contributed by atoms with Gasteiger partial charge in [0.25, 0.3) is 0 Å². The monoisotopic (exact) mass is 518 g/mol. The Morgan fingerprint density at radius 1 is 1.03 bits per heavy atom. The van der Waals surface area contributed by atoms with E-state index in [1.807, 2.05) is 48.1 Å². The Morgan fingerprint density at radius 3 is 2.59 bits per heavy atom. The number of carbonyl (C=O) groups is 1. The Balaban J connectivity index is 1.52. The van der Waals surface area contributed by atoms with Crippen molar-refractivity contribution < 1.29 is 4.79 Å². The van der Waals surface area contributed by atoms with Crippen LogP contribution in [0.2, 0.25) is 0 Å². The van der Waals surface area contributed by atoms with Crippen molar-refractivity contribution in [3.05, 3.63) is 90.8 Å². The molecule has 0 saturated heterocycles. The second kappa shape index (κ2) is 11.5. The summed E-state index contributed by atoms with van der Waals surface area (Å²) < 4.78 is 1.96. The molecule has 2 N–H and O–H groups in total. The number of nitrogens with zero attached hydrogens (tertiary/aromatic N) is 4. The van der Waals surface area contributed by atoms with Crippen LogP contribution in [0.15, 0.2) is 85.2 Å². The van der Waals surface area contributed by atoms with Crippen molar-refractivity contribution in [1.82, 2.24) is 24.6 Å². The molecule has 5 rings (SSSR count). The molecule has 0 fully saturated rings. The second-order valence-corrected chi connectivity index (χ2v) is 9.87. The minimum Gasteiger partial charge on any atom is -0.339 e. The van der Waals surface area contributed by atoms with Crippen LogP contribution >= 0.6 is 0 Å². The fourth-order valence-electron chi connectivity index (χ4n) is 4.73. The summed E-state index contributed by atoms with van der Waals surface area (Å²) in [6, 6.07) is 20.7. The van der Waals surface area contributed by atoms with Gasteiger partial charge in [-0.3, -0.25) is 9.48 Å². The Labute approximate surface area is 229 Å². The van der Waals surface area contributed by atoms with Gasteiger partial charge in [0.2, 0.25) is 5.91 Å². The van der Waals surface area contributed by atoms with Crippen molar-refractivity contribution in [2.24, 2.45) is 0 Å². The summed E-state index contributed by atoms with van der Waals surface area (Å²) in [6.45, 7) is 5.73. The Bertz CT molecular complexity index is 1620. The highest BCUT2D eigenvalue weighted by Crippen LogP contribution is 2.37. The SMILES string of the molecule is CCC=CC(=O)Nc1ccc(-c2nn(CC)cc2-c2ccnc3[nH]c(-c4cccc(CN(C)C)c4)cc23)cc1. The summed E-state index contributed by atoms with van der Waals surface area (Å²) in [5, 5.41) is 8.86. The molecule has 0 aliphatic carbocycles. The minimum atomic E-state index is -0.129. The summed E-state index contributed by atoms with van der Waals surface area (Å²) in [5.41, 5.74) is 9.01. The normalized spacial score (nSPS) is 11.6. The van der Waals surface area contributed by atoms with Gasteiger partial charge in [-0.2, -0.15) is 5.10 Å². The van der Waals surface area contributed by atoms with Crippen LogP contribution in [-0.4, -0.2) is 44.7 Å². The maximum Gasteiger partial charge on any atom is 0.248 e. The zero-order valence-electron chi connectivity index (χ0n) is 22.9. The molecule has 1 amide bonds. The smallest absolute Gasteiger partial charge is 0.248 e. The van der Waals surface area contributed by atoms with Crippen molar-refractivity contribution in [1.29, 1.82) is 0 Å². The number of aromatic amines is 1. The number of benzene rings is 2. The first-order valence-electron chi connectivity index (χ1n) is 13.3. The molecule has 5 aromatic rings. The van der Waals surface area contributed by atoms with Gasteiger partial charge in [-0.15, -0.1) is 0 Å². The van der Waals surface area contributed by atoms with Crippen LogP contribution in [0.1, 0.15) is 25.8 Å². The molecule has 7 nitrogen and oxygen atoms in total. The predicted molar refractivity (Wildman–Crippen MR) is 159 cm³/mol. The molecule has 0 unspecified atom stereocenters. The maximum atomic E-state index is 12.1. The highest BCUT2D eigenvalue weighted by molar-refractivity contribution is 6.00. The average Bonchev–Trinajstić information content (AvgIpc) is 3.57.